The summed E-state index contributed by atoms with van der Waals surface area (Å²) >= 11 is 0. The molecule has 0 spiro atoms. The average Bonchev–Trinajstić information content (AvgIpc) is 3.60. The molecule has 0 bridgehead atoms. The highest BCUT2D eigenvalue weighted by Crippen LogP contribution is 2.32. The molecule has 2 amide bonds. The Balaban J connectivity index is 1.36. The Bertz CT molecular complexity index is 1180. The van der Waals surface area contributed by atoms with Crippen LogP contribution in [0.3, 0.4) is 0 Å². The Morgan fingerprint density at radius 2 is 1.54 bits per heavy atom. The van der Waals surface area contributed by atoms with E-state index >= 15 is 0 Å². The van der Waals surface area contributed by atoms with Gasteiger partial charge in [0, 0.05) is 51.0 Å². The molecule has 182 valence electrons. The van der Waals surface area contributed by atoms with Crippen molar-refractivity contribution in [2.45, 2.75) is 12.8 Å². The summed E-state index contributed by atoms with van der Waals surface area (Å²) in [6, 6.07) is 17.4. The lowest BCUT2D eigenvalue weighted by Crippen LogP contribution is -2.51. The van der Waals surface area contributed by atoms with Gasteiger partial charge in [0.2, 0.25) is 5.91 Å². The fraction of sp³-hybridized carbons (Fsp3) is 0.370. The van der Waals surface area contributed by atoms with Crippen molar-refractivity contribution in [3.63, 3.8) is 0 Å². The molecule has 0 N–H and O–H groups in total. The first kappa shape index (κ1) is 23.1. The van der Waals surface area contributed by atoms with Crippen LogP contribution >= 0.6 is 0 Å². The van der Waals surface area contributed by atoms with E-state index in [0.29, 0.717) is 49.7 Å². The number of ether oxygens (including phenoxy) is 1. The van der Waals surface area contributed by atoms with Crippen LogP contribution in [0.1, 0.15) is 23.2 Å². The zero-order valence-corrected chi connectivity index (χ0v) is 20.1. The first-order chi connectivity index (χ1) is 17.1. The zero-order valence-electron chi connectivity index (χ0n) is 20.1. The molecule has 5 rings (SSSR count). The summed E-state index contributed by atoms with van der Waals surface area (Å²) in [7, 11) is 1.62. The van der Waals surface area contributed by atoms with Gasteiger partial charge in [-0.3, -0.25) is 14.5 Å². The van der Waals surface area contributed by atoms with E-state index in [1.54, 1.807) is 11.8 Å². The lowest BCUT2D eigenvalue weighted by atomic mass is 10.1. The molecule has 2 saturated heterocycles. The molecule has 1 aromatic heterocycles. The van der Waals surface area contributed by atoms with Crippen LogP contribution in [0.25, 0.3) is 16.9 Å². The van der Waals surface area contributed by atoms with Gasteiger partial charge in [0.1, 0.15) is 11.4 Å². The van der Waals surface area contributed by atoms with Gasteiger partial charge in [-0.05, 0) is 37.1 Å². The van der Waals surface area contributed by atoms with E-state index in [1.807, 2.05) is 70.6 Å². The normalized spacial score (nSPS) is 16.5. The quantitative estimate of drug-likeness (QED) is 0.551. The van der Waals surface area contributed by atoms with Gasteiger partial charge in [-0.25, -0.2) is 4.68 Å². The van der Waals surface area contributed by atoms with E-state index in [1.165, 1.54) is 0 Å². The monoisotopic (exact) mass is 473 g/mol. The standard InChI is InChI=1S/C27H31N5O3/c1-35-24-12-6-5-11-22(24)26-23(19-32(28-26)21-9-3-2-4-10-21)27(34)31-17-15-29(16-18-31)20-25(33)30-13-7-8-14-30/h2-6,9-12,19H,7-8,13-18,20H2,1H3. The number of rotatable bonds is 6. The van der Waals surface area contributed by atoms with Gasteiger partial charge in [0.05, 0.1) is 24.9 Å². The number of para-hydroxylation sites is 2. The molecule has 3 heterocycles. The summed E-state index contributed by atoms with van der Waals surface area (Å²) in [5, 5.41) is 4.80. The average molecular weight is 474 g/mol. The van der Waals surface area contributed by atoms with E-state index in [-0.39, 0.29) is 11.8 Å². The molecule has 0 radical (unpaired) electrons. The molecule has 0 saturated carbocycles. The van der Waals surface area contributed by atoms with Crippen LogP contribution in [0.5, 0.6) is 5.75 Å². The first-order valence-corrected chi connectivity index (χ1v) is 12.2. The van der Waals surface area contributed by atoms with Gasteiger partial charge in [-0.2, -0.15) is 5.10 Å². The number of hydrogen-bond acceptors (Lipinski definition) is 5. The van der Waals surface area contributed by atoms with Crippen LogP contribution < -0.4 is 4.74 Å². The summed E-state index contributed by atoms with van der Waals surface area (Å²) in [4.78, 5) is 32.2. The van der Waals surface area contributed by atoms with Crippen molar-refractivity contribution < 1.29 is 14.3 Å². The Morgan fingerprint density at radius 1 is 0.857 bits per heavy atom. The maximum Gasteiger partial charge on any atom is 0.257 e. The summed E-state index contributed by atoms with van der Waals surface area (Å²) in [5.41, 5.74) is 2.80. The van der Waals surface area contributed by atoms with Gasteiger partial charge in [-0.15, -0.1) is 0 Å². The topological polar surface area (TPSA) is 70.9 Å². The van der Waals surface area contributed by atoms with Crippen LogP contribution in [0.2, 0.25) is 0 Å². The van der Waals surface area contributed by atoms with Crippen LogP contribution in [0.15, 0.2) is 60.8 Å². The van der Waals surface area contributed by atoms with Crippen molar-refractivity contribution in [1.82, 2.24) is 24.5 Å². The number of benzene rings is 2. The second-order valence-corrected chi connectivity index (χ2v) is 9.03. The molecule has 0 unspecified atom stereocenters. The first-order valence-electron chi connectivity index (χ1n) is 12.2. The minimum absolute atomic E-state index is 0.0568. The van der Waals surface area contributed by atoms with Crippen molar-refractivity contribution >= 4 is 11.8 Å². The van der Waals surface area contributed by atoms with Gasteiger partial charge >= 0.3 is 0 Å². The number of hydrogen-bond donors (Lipinski definition) is 0. The van der Waals surface area contributed by atoms with Gasteiger partial charge < -0.3 is 14.5 Å². The highest BCUT2D eigenvalue weighted by atomic mass is 16.5. The van der Waals surface area contributed by atoms with Crippen LogP contribution in [-0.2, 0) is 4.79 Å². The highest BCUT2D eigenvalue weighted by molar-refractivity contribution is 6.00. The van der Waals surface area contributed by atoms with Crippen molar-refractivity contribution in [2.24, 2.45) is 0 Å². The number of carbonyl (C=O) groups is 2. The third-order valence-corrected chi connectivity index (χ3v) is 6.80. The number of nitrogens with zero attached hydrogens (tertiary/aromatic N) is 5. The minimum Gasteiger partial charge on any atom is -0.496 e. The van der Waals surface area contributed by atoms with Crippen LogP contribution in [0.4, 0.5) is 0 Å². The van der Waals surface area contributed by atoms with Gasteiger partial charge in [0.15, 0.2) is 0 Å². The lowest BCUT2D eigenvalue weighted by molar-refractivity contribution is -0.131. The maximum absolute atomic E-state index is 13.7. The summed E-state index contributed by atoms with van der Waals surface area (Å²) in [6.07, 6.45) is 4.00. The van der Waals surface area contributed by atoms with E-state index in [9.17, 15) is 9.59 Å². The van der Waals surface area contributed by atoms with E-state index in [4.69, 9.17) is 9.84 Å². The number of likely N-dealkylation sites (tertiary alicyclic amines) is 1. The zero-order chi connectivity index (χ0) is 24.2. The fourth-order valence-corrected chi connectivity index (χ4v) is 4.82. The minimum atomic E-state index is -0.0568. The largest absolute Gasteiger partial charge is 0.496 e. The van der Waals surface area contributed by atoms with Crippen molar-refractivity contribution in [3.8, 4) is 22.7 Å². The molecule has 0 atom stereocenters. The number of methoxy groups -OCH3 is 1. The van der Waals surface area contributed by atoms with E-state index in [2.05, 4.69) is 4.90 Å². The summed E-state index contributed by atoms with van der Waals surface area (Å²) < 4.78 is 7.32. The molecule has 2 fully saturated rings. The Kier molecular flexibility index (Phi) is 6.81. The number of piperazine rings is 1. The Morgan fingerprint density at radius 3 is 2.26 bits per heavy atom. The van der Waals surface area contributed by atoms with E-state index < -0.39 is 0 Å². The van der Waals surface area contributed by atoms with Crippen molar-refractivity contribution in [1.29, 1.82) is 0 Å². The molecule has 2 aliphatic rings. The molecule has 3 aromatic rings. The van der Waals surface area contributed by atoms with Gasteiger partial charge in [0.25, 0.3) is 5.91 Å². The molecule has 2 aliphatic heterocycles. The molecule has 35 heavy (non-hydrogen) atoms. The molecule has 8 heteroatoms. The molecule has 2 aromatic carbocycles. The molecular weight excluding hydrogens is 442 g/mol. The second-order valence-electron chi connectivity index (χ2n) is 9.03. The number of carbonyl (C=O) groups excluding carboxylic acids is 2. The Labute approximate surface area is 205 Å². The van der Waals surface area contributed by atoms with E-state index in [0.717, 1.165) is 37.2 Å². The fourth-order valence-electron chi connectivity index (χ4n) is 4.82. The van der Waals surface area contributed by atoms with Crippen molar-refractivity contribution in [2.75, 3.05) is 52.9 Å². The molecule has 0 aliphatic carbocycles. The molecule has 8 nitrogen and oxygen atoms in total. The number of aromatic nitrogens is 2. The third-order valence-electron chi connectivity index (χ3n) is 6.80. The SMILES string of the molecule is COc1ccccc1-c1nn(-c2ccccc2)cc1C(=O)N1CCN(CC(=O)N2CCCC2)CC1. The summed E-state index contributed by atoms with van der Waals surface area (Å²) in [5.74, 6) is 0.814. The highest BCUT2D eigenvalue weighted by Gasteiger charge is 2.29. The van der Waals surface area contributed by atoms with Gasteiger partial charge in [-0.1, -0.05) is 30.3 Å². The van der Waals surface area contributed by atoms with Crippen molar-refractivity contribution in [3.05, 3.63) is 66.4 Å². The lowest BCUT2D eigenvalue weighted by Gasteiger charge is -2.35. The second kappa shape index (κ2) is 10.3. The number of amides is 2. The predicted octanol–water partition coefficient (Wildman–Crippen LogP) is 2.93. The van der Waals surface area contributed by atoms with Crippen LogP contribution in [-0.4, -0.2) is 89.2 Å². The Hall–Kier alpha value is -3.65. The predicted molar refractivity (Wildman–Crippen MR) is 134 cm³/mol. The smallest absolute Gasteiger partial charge is 0.257 e. The summed E-state index contributed by atoms with van der Waals surface area (Å²) in [6.45, 7) is 4.69. The molecular formula is C27H31N5O3. The van der Waals surface area contributed by atoms with Crippen LogP contribution in [0, 0.1) is 0 Å². The third kappa shape index (κ3) is 4.93. The maximum atomic E-state index is 13.7.